The van der Waals surface area contributed by atoms with E-state index in [1.54, 1.807) is 27.7 Å². The number of carbonyl (C=O) groups excluding carboxylic acids is 22. The van der Waals surface area contributed by atoms with Crippen molar-refractivity contribution in [3.05, 3.63) is 0 Å². The lowest BCUT2D eigenvalue weighted by Crippen LogP contribution is -2.67. The van der Waals surface area contributed by atoms with Crippen LogP contribution in [0.1, 0.15) is 271 Å². The molecule has 0 spiro atoms. The van der Waals surface area contributed by atoms with Crippen molar-refractivity contribution < 1.29 is 120 Å². The largest absolute Gasteiger partial charge is 0.481 e. The summed E-state index contributed by atoms with van der Waals surface area (Å²) in [7, 11) is 0. The highest BCUT2D eigenvalue weighted by molar-refractivity contribution is 6.05. The summed E-state index contributed by atoms with van der Waals surface area (Å²) in [5, 5.41) is 65.1. The Kier molecular flexibility index (Phi) is 43.2. The number of rotatable bonds is 52. The van der Waals surface area contributed by atoms with Crippen molar-refractivity contribution in [2.24, 2.45) is 29.2 Å². The first-order chi connectivity index (χ1) is 61.9. The quantitative estimate of drug-likeness (QED) is 0.0273. The summed E-state index contributed by atoms with van der Waals surface area (Å²) in [5.41, 5.74) is -7.01. The second-order valence-corrected chi connectivity index (χ2v) is 41.1. The van der Waals surface area contributed by atoms with Crippen LogP contribution in [0.15, 0.2) is 0 Å². The van der Waals surface area contributed by atoms with Crippen molar-refractivity contribution in [2.75, 3.05) is 26.2 Å². The van der Waals surface area contributed by atoms with Gasteiger partial charge in [0.1, 0.15) is 104 Å². The highest BCUT2D eigenvalue weighted by atomic mass is 16.4. The molecule has 24 N–H and O–H groups in total. The monoisotopic (exact) mass is 1930 g/mol. The number of nitrogens with one attached hydrogen (secondary N) is 18. The second kappa shape index (κ2) is 49.0. The first-order valence-electron chi connectivity index (χ1n) is 45.5. The fourth-order valence-electron chi connectivity index (χ4n) is 14.3. The van der Waals surface area contributed by atoms with Gasteiger partial charge in [0.05, 0.1) is 19.2 Å². The molecule has 2 saturated heterocycles. The number of nitrogens with two attached hydrogens (primary N) is 2. The van der Waals surface area contributed by atoms with E-state index in [0.29, 0.717) is 19.3 Å². The zero-order valence-electron chi connectivity index (χ0n) is 84.1. The summed E-state index contributed by atoms with van der Waals surface area (Å²) in [6, 6.07) is -11.7. The summed E-state index contributed by atoms with van der Waals surface area (Å²) in [6.45, 7) is 38.1. The van der Waals surface area contributed by atoms with E-state index in [9.17, 15) is 120 Å². The van der Waals surface area contributed by atoms with Crippen molar-refractivity contribution in [2.45, 2.75) is 381 Å². The second-order valence-electron chi connectivity index (χ2n) is 41.1. The highest BCUT2D eigenvalue weighted by Crippen LogP contribution is 2.27. The van der Waals surface area contributed by atoms with Crippen LogP contribution in [0.3, 0.4) is 0 Å². The zero-order chi connectivity index (χ0) is 105. The minimum Gasteiger partial charge on any atom is -0.481 e. The molecule has 10 atom stereocenters. The summed E-state index contributed by atoms with van der Waals surface area (Å²) < 4.78 is 0. The maximum absolute atomic E-state index is 14.5. The number of amides is 22. The van der Waals surface area contributed by atoms with Crippen LogP contribution in [-0.2, 0) is 110 Å². The van der Waals surface area contributed by atoms with E-state index in [2.05, 4.69) is 95.7 Å². The molecule has 0 saturated carbocycles. The van der Waals surface area contributed by atoms with Crippen LogP contribution in [-0.4, -0.2) is 292 Å². The first-order valence-corrected chi connectivity index (χ1v) is 45.5. The number of hydrogen-bond acceptors (Lipinski definition) is 24. The number of primary amides is 2. The lowest BCUT2D eigenvalue weighted by Gasteiger charge is -2.36. The first kappa shape index (κ1) is 120. The Morgan fingerprint density at radius 1 is 0.368 bits per heavy atom. The zero-order valence-corrected chi connectivity index (χ0v) is 84.1. The molecule has 0 aromatic carbocycles. The van der Waals surface area contributed by atoms with Crippen LogP contribution in [0.4, 0.5) is 0 Å². The molecule has 0 aliphatic carbocycles. The van der Waals surface area contributed by atoms with E-state index >= 15 is 0 Å². The van der Waals surface area contributed by atoms with Gasteiger partial charge < -0.3 is 127 Å². The number of carboxylic acids is 1. The minimum atomic E-state index is -1.92. The standard InChI is InChI=1S/C89H152N22O25/c1-29-47(6)61(99-74(131)82(13,14)103-65(122)53(35-38-57(91)115)97-73(130)84(17,18)107-76(133)86(21,22)102-62(119)48(7)93-71(128)81(11,12)104-67(124)55-33-31-41-111(55)78(135)88(25,26)100-49(8)113)69(126)106-80(9,10)70(127)92-43-58(116)101-85(19,20)75(132)109-89(27,28)79(136)110-40-30-32-54(110)66(123)98-60(46(4)5)68(125)105-87(23,24)77(134)108-83(15,16)72(129)96-52(36-39-59(117)118)64(121)95-51(34-37-56(90)114)63(120)94-50(44-112)42-45(2)3/h45-48,50-55,60-61,112H,29-44H2,1-28H3,(H2,90,114)(H2,91,115)(H,92,127)(H,93,128)(H,94,120)(H,95,121)(H,96,129)(H,97,130)(H,98,123)(H,99,131)(H,100,113)(H,101,116)(H,102,119)(H,103,122)(H,104,124)(H,105,125)(H,106,126)(H,107,133)(H,108,134)(H,109,132)(H,117,118)/t47-,48-,50+,51-,52+,53-,54+,55-,60+,61+/m1/s1. The van der Waals surface area contributed by atoms with Gasteiger partial charge in [0.2, 0.25) is 130 Å². The lowest BCUT2D eigenvalue weighted by molar-refractivity contribution is -0.146. The van der Waals surface area contributed by atoms with Gasteiger partial charge in [-0.05, 0) is 215 Å². The van der Waals surface area contributed by atoms with Crippen molar-refractivity contribution in [1.82, 2.24) is 106 Å². The van der Waals surface area contributed by atoms with Crippen LogP contribution in [0.25, 0.3) is 0 Å². The van der Waals surface area contributed by atoms with Gasteiger partial charge in [0.25, 0.3) is 0 Å². The maximum atomic E-state index is 14.5. The summed E-state index contributed by atoms with van der Waals surface area (Å²) in [5.74, 6) is -21.4. The molecule has 2 rings (SSSR count). The normalized spacial score (nSPS) is 16.3. The van der Waals surface area contributed by atoms with Gasteiger partial charge in [-0.2, -0.15) is 0 Å². The number of carboxylic acid groups (broad SMARTS) is 1. The number of likely N-dealkylation sites (tertiary alicyclic amines) is 2. The van der Waals surface area contributed by atoms with Crippen molar-refractivity contribution in [3.63, 3.8) is 0 Å². The van der Waals surface area contributed by atoms with Gasteiger partial charge in [0.15, 0.2) is 0 Å². The number of aliphatic carboxylic acids is 1. The number of nitrogens with zero attached hydrogens (tertiary/aromatic N) is 2. The Labute approximate surface area is 794 Å². The van der Waals surface area contributed by atoms with Crippen molar-refractivity contribution in [3.8, 4) is 0 Å². The molecule has 0 unspecified atom stereocenters. The molecule has 768 valence electrons. The average Bonchev–Trinajstić information content (AvgIpc) is 1.60. The third-order valence-electron chi connectivity index (χ3n) is 23.0. The lowest BCUT2D eigenvalue weighted by atomic mass is 9.94. The molecule has 0 bridgehead atoms. The van der Waals surface area contributed by atoms with Crippen molar-refractivity contribution >= 4 is 136 Å². The predicted octanol–water partition coefficient (Wildman–Crippen LogP) is -4.40. The summed E-state index contributed by atoms with van der Waals surface area (Å²) in [4.78, 5) is 315. The van der Waals surface area contributed by atoms with Crippen LogP contribution in [0, 0.1) is 17.8 Å². The highest BCUT2D eigenvalue weighted by Gasteiger charge is 2.50. The maximum Gasteiger partial charge on any atom is 0.303 e. The summed E-state index contributed by atoms with van der Waals surface area (Å²) in [6.07, 6.45) is -0.993. The molecule has 0 radical (unpaired) electrons. The molecule has 136 heavy (non-hydrogen) atoms. The molecule has 2 aliphatic heterocycles. The molecular weight excluding hydrogens is 1780 g/mol. The Morgan fingerprint density at radius 2 is 0.721 bits per heavy atom. The van der Waals surface area contributed by atoms with Crippen LogP contribution < -0.4 is 107 Å². The smallest absolute Gasteiger partial charge is 0.303 e. The molecule has 2 heterocycles. The third kappa shape index (κ3) is 36.1. The van der Waals surface area contributed by atoms with Crippen LogP contribution >= 0.6 is 0 Å². The fraction of sp³-hybridized carbons (Fsp3) is 0.742. The molecule has 0 aromatic rings. The average molecular weight is 1930 g/mol. The topological polar surface area (TPSA) is 708 Å². The third-order valence-corrected chi connectivity index (χ3v) is 23.0. The number of carbonyl (C=O) groups is 23. The van der Waals surface area contributed by atoms with Gasteiger partial charge in [-0.3, -0.25) is 110 Å². The van der Waals surface area contributed by atoms with Gasteiger partial charge >= 0.3 is 5.97 Å². The predicted molar refractivity (Wildman–Crippen MR) is 494 cm³/mol. The summed E-state index contributed by atoms with van der Waals surface area (Å²) >= 11 is 0. The molecule has 0 aromatic heterocycles. The Balaban J connectivity index is 2.16. The molecule has 47 heteroatoms. The minimum absolute atomic E-state index is 0.0196. The number of aliphatic hydroxyl groups excluding tert-OH is 1. The fourth-order valence-corrected chi connectivity index (χ4v) is 14.3. The van der Waals surface area contributed by atoms with Gasteiger partial charge in [-0.1, -0.05) is 48.0 Å². The van der Waals surface area contributed by atoms with E-state index in [1.165, 1.54) is 162 Å². The van der Waals surface area contributed by atoms with Gasteiger partial charge in [0, 0.05) is 39.3 Å². The number of hydrogen-bond donors (Lipinski definition) is 22. The Hall–Kier alpha value is -12.2. The molecule has 2 aliphatic rings. The van der Waals surface area contributed by atoms with E-state index in [-0.39, 0.29) is 51.1 Å². The van der Waals surface area contributed by atoms with Crippen LogP contribution in [0.2, 0.25) is 0 Å². The van der Waals surface area contributed by atoms with E-state index in [1.807, 2.05) is 13.8 Å². The van der Waals surface area contributed by atoms with E-state index < -0.39 is 296 Å². The van der Waals surface area contributed by atoms with E-state index in [0.717, 1.165) is 0 Å². The SMILES string of the molecule is CC[C@@H](C)[C@H](NC(=O)C(C)(C)NC(=O)[C@@H](CCC(N)=O)NC(=O)C(C)(C)NC(=O)C(C)(C)NC(=O)[C@@H](C)NC(=O)C(C)(C)NC(=O)[C@H]1CCCN1C(=O)C(C)(C)NC(C)=O)C(=O)NC(C)(C)C(=O)NCC(=O)NC(C)(C)C(=O)NC(C)(C)C(=O)N1CCC[C@H]1C(=O)N[C@H](C(=O)NC(C)(C)C(=O)NC(C)(C)C(=O)N[C@@H](CCC(=O)O)C(=O)N[C@H](CCC(N)=O)C(=O)N[C@H](CO)CC(C)C)C(C)C. The van der Waals surface area contributed by atoms with Gasteiger partial charge in [-0.25, -0.2) is 0 Å². The van der Waals surface area contributed by atoms with Crippen LogP contribution in [0.5, 0.6) is 0 Å². The Morgan fingerprint density at radius 3 is 1.15 bits per heavy atom. The molecule has 22 amide bonds. The molecule has 2 fully saturated rings. The molecule has 47 nitrogen and oxygen atoms in total. The molecular formula is C89H152N22O25. The Bertz CT molecular complexity index is 4480. The van der Waals surface area contributed by atoms with Crippen molar-refractivity contribution in [1.29, 1.82) is 0 Å². The van der Waals surface area contributed by atoms with Gasteiger partial charge in [-0.15, -0.1) is 0 Å². The number of aliphatic hydroxyl groups is 1. The van der Waals surface area contributed by atoms with E-state index in [4.69, 9.17) is 11.5 Å².